The molecular weight excluding hydrogens is 330 g/mol. The zero-order valence-electron chi connectivity index (χ0n) is 14.1. The summed E-state index contributed by atoms with van der Waals surface area (Å²) in [5.41, 5.74) is 1.54. The number of nitrogens with one attached hydrogen (secondary N) is 1. The summed E-state index contributed by atoms with van der Waals surface area (Å²) in [4.78, 5) is 25.6. The van der Waals surface area contributed by atoms with E-state index in [1.54, 1.807) is 24.8 Å². The molecule has 1 saturated heterocycles. The van der Waals surface area contributed by atoms with Gasteiger partial charge in [0.1, 0.15) is 0 Å². The van der Waals surface area contributed by atoms with E-state index < -0.39 is 10.0 Å². The Morgan fingerprint density at radius 1 is 1.29 bits per heavy atom. The number of hydrogen-bond donors (Lipinski definition) is 2. The van der Waals surface area contributed by atoms with Gasteiger partial charge in [-0.2, -0.15) is 0 Å². The molecule has 1 atom stereocenters. The number of piperidine rings is 1. The van der Waals surface area contributed by atoms with Crippen LogP contribution in [0.15, 0.2) is 17.0 Å². The molecule has 7 nitrogen and oxygen atoms in total. The normalized spacial score (nSPS) is 18.3. The Morgan fingerprint density at radius 3 is 2.54 bits per heavy atom. The summed E-state index contributed by atoms with van der Waals surface area (Å²) in [6.07, 6.45) is 1.60. The van der Waals surface area contributed by atoms with Crippen LogP contribution in [-0.4, -0.2) is 44.3 Å². The number of hydrogen-bond acceptors (Lipinski definition) is 4. The van der Waals surface area contributed by atoms with Gasteiger partial charge in [0.2, 0.25) is 15.9 Å². The van der Waals surface area contributed by atoms with E-state index in [4.69, 9.17) is 5.14 Å². The van der Waals surface area contributed by atoms with Crippen LogP contribution in [0.4, 0.5) is 0 Å². The number of aryl methyl sites for hydroxylation is 1. The molecule has 0 aliphatic carbocycles. The first-order valence-electron chi connectivity index (χ1n) is 7.80. The number of likely N-dealkylation sites (tertiary alicyclic amines) is 1. The first-order valence-corrected chi connectivity index (χ1v) is 9.34. The maximum absolute atomic E-state index is 12.8. The molecule has 8 heteroatoms. The van der Waals surface area contributed by atoms with Gasteiger partial charge in [-0.05, 0) is 49.9 Å². The Hall–Kier alpha value is -1.93. The lowest BCUT2D eigenvalue weighted by Crippen LogP contribution is -2.49. The topological polar surface area (TPSA) is 110 Å². The van der Waals surface area contributed by atoms with Crippen LogP contribution in [0.5, 0.6) is 0 Å². The van der Waals surface area contributed by atoms with Crippen molar-refractivity contribution in [2.45, 2.75) is 44.6 Å². The Labute approximate surface area is 142 Å². The van der Waals surface area contributed by atoms with Gasteiger partial charge >= 0.3 is 0 Å². The third kappa shape index (κ3) is 4.12. The summed E-state index contributed by atoms with van der Waals surface area (Å²) in [7, 11) is -3.90. The average Bonchev–Trinajstić information content (AvgIpc) is 2.47. The maximum Gasteiger partial charge on any atom is 0.253 e. The average molecular weight is 353 g/mol. The quantitative estimate of drug-likeness (QED) is 0.833. The molecule has 1 aromatic rings. The van der Waals surface area contributed by atoms with Crippen LogP contribution >= 0.6 is 0 Å². The smallest absolute Gasteiger partial charge is 0.253 e. The molecule has 2 amide bonds. The van der Waals surface area contributed by atoms with Crippen molar-refractivity contribution >= 4 is 21.8 Å². The van der Waals surface area contributed by atoms with Crippen molar-refractivity contribution in [1.29, 1.82) is 0 Å². The minimum Gasteiger partial charge on any atom is -0.352 e. The van der Waals surface area contributed by atoms with E-state index in [9.17, 15) is 18.0 Å². The summed E-state index contributed by atoms with van der Waals surface area (Å²) >= 11 is 0. The van der Waals surface area contributed by atoms with Crippen LogP contribution in [-0.2, 0) is 14.8 Å². The van der Waals surface area contributed by atoms with E-state index in [1.807, 2.05) is 0 Å². The SMILES string of the molecule is CC(=O)NC1CCCN(C(=O)c2cc(C)c(C)c(S(N)(=O)=O)c2)C1. The second-order valence-corrected chi connectivity index (χ2v) is 7.78. The Morgan fingerprint density at radius 2 is 1.96 bits per heavy atom. The van der Waals surface area contributed by atoms with Crippen molar-refractivity contribution < 1.29 is 18.0 Å². The van der Waals surface area contributed by atoms with Gasteiger partial charge in [0.05, 0.1) is 4.90 Å². The molecule has 1 aromatic carbocycles. The lowest BCUT2D eigenvalue weighted by atomic mass is 10.0. The summed E-state index contributed by atoms with van der Waals surface area (Å²) in [6.45, 7) is 5.85. The summed E-state index contributed by atoms with van der Waals surface area (Å²) < 4.78 is 23.5. The second-order valence-electron chi connectivity index (χ2n) is 6.25. The maximum atomic E-state index is 12.8. The van der Waals surface area contributed by atoms with Crippen LogP contribution in [0.3, 0.4) is 0 Å². The number of carbonyl (C=O) groups is 2. The van der Waals surface area contributed by atoms with Crippen molar-refractivity contribution in [3.63, 3.8) is 0 Å². The largest absolute Gasteiger partial charge is 0.352 e. The Balaban J connectivity index is 2.29. The summed E-state index contributed by atoms with van der Waals surface area (Å²) in [5, 5.41) is 8.08. The number of rotatable bonds is 3. The minimum absolute atomic E-state index is 0.0266. The molecule has 1 fully saturated rings. The second kappa shape index (κ2) is 6.90. The fraction of sp³-hybridized carbons (Fsp3) is 0.500. The molecule has 2 rings (SSSR count). The van der Waals surface area contributed by atoms with Crippen LogP contribution in [0.2, 0.25) is 0 Å². The predicted octanol–water partition coefficient (Wildman–Crippen LogP) is 0.692. The number of nitrogens with zero attached hydrogens (tertiary/aromatic N) is 1. The van der Waals surface area contributed by atoms with Crippen LogP contribution < -0.4 is 10.5 Å². The van der Waals surface area contributed by atoms with Crippen molar-refractivity contribution in [3.8, 4) is 0 Å². The van der Waals surface area contributed by atoms with Gasteiger partial charge in [-0.3, -0.25) is 9.59 Å². The van der Waals surface area contributed by atoms with Crippen molar-refractivity contribution in [2.75, 3.05) is 13.1 Å². The highest BCUT2D eigenvalue weighted by Gasteiger charge is 2.26. The lowest BCUT2D eigenvalue weighted by molar-refractivity contribution is -0.120. The monoisotopic (exact) mass is 353 g/mol. The first-order chi connectivity index (χ1) is 11.1. The number of carbonyl (C=O) groups excluding carboxylic acids is 2. The van der Waals surface area contributed by atoms with Gasteiger partial charge in [-0.15, -0.1) is 0 Å². The van der Waals surface area contributed by atoms with Crippen molar-refractivity contribution in [1.82, 2.24) is 10.2 Å². The van der Waals surface area contributed by atoms with Gasteiger partial charge in [-0.25, -0.2) is 13.6 Å². The zero-order valence-corrected chi connectivity index (χ0v) is 14.9. The van der Waals surface area contributed by atoms with Crippen molar-refractivity contribution in [3.05, 3.63) is 28.8 Å². The fourth-order valence-corrected chi connectivity index (χ4v) is 3.87. The molecule has 1 aliphatic rings. The number of sulfonamides is 1. The third-order valence-electron chi connectivity index (χ3n) is 4.29. The Kier molecular flexibility index (Phi) is 5.29. The van der Waals surface area contributed by atoms with E-state index in [-0.39, 0.29) is 22.8 Å². The zero-order chi connectivity index (χ0) is 18.1. The number of nitrogens with two attached hydrogens (primary N) is 1. The van der Waals surface area contributed by atoms with Gasteiger partial charge in [0.15, 0.2) is 0 Å². The van der Waals surface area contributed by atoms with Crippen molar-refractivity contribution in [2.24, 2.45) is 5.14 Å². The minimum atomic E-state index is -3.90. The molecule has 0 spiro atoms. The number of benzene rings is 1. The Bertz CT molecular complexity index is 774. The number of amides is 2. The molecular formula is C16H23N3O4S. The third-order valence-corrected chi connectivity index (χ3v) is 5.33. The van der Waals surface area contributed by atoms with E-state index in [0.29, 0.717) is 29.8 Å². The van der Waals surface area contributed by atoms with E-state index in [0.717, 1.165) is 12.8 Å². The molecule has 1 unspecified atom stereocenters. The standard InChI is InChI=1S/C16H23N3O4S/c1-10-7-13(8-15(11(10)2)24(17,22)23)16(21)19-6-4-5-14(9-19)18-12(3)20/h7-8,14H,4-6,9H2,1-3H3,(H,18,20)(H2,17,22,23). The predicted molar refractivity (Wildman–Crippen MR) is 90.0 cm³/mol. The fourth-order valence-electron chi connectivity index (χ4n) is 3.00. The van der Waals surface area contributed by atoms with Crippen LogP contribution in [0, 0.1) is 13.8 Å². The molecule has 24 heavy (non-hydrogen) atoms. The van der Waals surface area contributed by atoms with E-state index in [1.165, 1.54) is 13.0 Å². The molecule has 0 radical (unpaired) electrons. The van der Waals surface area contributed by atoms with Gasteiger partial charge in [-0.1, -0.05) is 0 Å². The highest BCUT2D eigenvalue weighted by atomic mass is 32.2. The molecule has 132 valence electrons. The summed E-state index contributed by atoms with van der Waals surface area (Å²) in [6, 6.07) is 2.93. The molecule has 0 bridgehead atoms. The highest BCUT2D eigenvalue weighted by molar-refractivity contribution is 7.89. The van der Waals surface area contributed by atoms with E-state index in [2.05, 4.69) is 5.32 Å². The van der Waals surface area contributed by atoms with Crippen LogP contribution in [0.1, 0.15) is 41.3 Å². The summed E-state index contributed by atoms with van der Waals surface area (Å²) in [5.74, 6) is -0.380. The molecule has 0 saturated carbocycles. The van der Waals surface area contributed by atoms with Gasteiger partial charge < -0.3 is 10.2 Å². The molecule has 0 aromatic heterocycles. The molecule has 1 heterocycles. The molecule has 1 aliphatic heterocycles. The van der Waals surface area contributed by atoms with Gasteiger partial charge in [0.25, 0.3) is 5.91 Å². The van der Waals surface area contributed by atoms with Crippen LogP contribution in [0.25, 0.3) is 0 Å². The van der Waals surface area contributed by atoms with E-state index >= 15 is 0 Å². The first kappa shape index (κ1) is 18.4. The number of primary sulfonamides is 1. The highest BCUT2D eigenvalue weighted by Crippen LogP contribution is 2.22. The molecule has 3 N–H and O–H groups in total. The van der Waals surface area contributed by atoms with Gasteiger partial charge in [0, 0.05) is 31.6 Å². The lowest BCUT2D eigenvalue weighted by Gasteiger charge is -2.33.